The fourth-order valence-corrected chi connectivity index (χ4v) is 3.41. The van der Waals surface area contributed by atoms with Crippen molar-refractivity contribution in [3.05, 3.63) is 35.4 Å². The van der Waals surface area contributed by atoms with Gasteiger partial charge in [0.2, 0.25) is 5.95 Å². The fourth-order valence-electron chi connectivity index (χ4n) is 3.20. The molecule has 1 aromatic carbocycles. The minimum Gasteiger partial charge on any atom is -0.506 e. The maximum Gasteiger partial charge on any atom is 0.223 e. The highest BCUT2D eigenvalue weighted by molar-refractivity contribution is 6.31. The van der Waals surface area contributed by atoms with Crippen LogP contribution in [0.3, 0.4) is 0 Å². The lowest BCUT2D eigenvalue weighted by atomic mass is 10.2. The normalized spacial score (nSPS) is 11.5. The zero-order chi connectivity index (χ0) is 19.8. The molecular weight excluding hydrogens is 380 g/mol. The van der Waals surface area contributed by atoms with Crippen LogP contribution in [0.25, 0.3) is 16.6 Å². The Morgan fingerprint density at radius 1 is 1.25 bits per heavy atom. The second-order valence-electron chi connectivity index (χ2n) is 6.81. The van der Waals surface area contributed by atoms with Crippen molar-refractivity contribution < 1.29 is 5.11 Å². The third-order valence-electron chi connectivity index (χ3n) is 4.67. The van der Waals surface area contributed by atoms with E-state index in [1.807, 2.05) is 19.4 Å². The van der Waals surface area contributed by atoms with Gasteiger partial charge in [-0.05, 0) is 18.9 Å². The third kappa shape index (κ3) is 3.40. The third-order valence-corrected chi connectivity index (χ3v) is 4.88. The minimum absolute atomic E-state index is 0.0281. The molecule has 4 rings (SSSR count). The topological polar surface area (TPSA) is 110 Å². The zero-order valence-corrected chi connectivity index (χ0v) is 16.4. The average molecular weight is 401 g/mol. The van der Waals surface area contributed by atoms with E-state index < -0.39 is 0 Å². The van der Waals surface area contributed by atoms with Crippen molar-refractivity contribution in [1.82, 2.24) is 29.4 Å². The molecule has 0 amide bonds. The van der Waals surface area contributed by atoms with Crippen LogP contribution < -0.4 is 10.6 Å². The second kappa shape index (κ2) is 7.16. The number of phenols is 1. The lowest BCUT2D eigenvalue weighted by molar-refractivity contribution is 0.480. The molecule has 0 saturated heterocycles. The molecule has 0 unspecified atom stereocenters. The van der Waals surface area contributed by atoms with E-state index in [0.29, 0.717) is 27.4 Å². The first kappa shape index (κ1) is 18.3. The number of unbranched alkanes of at least 4 members (excludes halogenated alkanes) is 1. The Morgan fingerprint density at radius 2 is 2.07 bits per heavy atom. The first-order chi connectivity index (χ1) is 13.4. The number of aryl methyl sites for hydroxylation is 2. The van der Waals surface area contributed by atoms with Gasteiger partial charge in [-0.3, -0.25) is 4.68 Å². The molecule has 9 nitrogen and oxygen atoms in total. The molecule has 0 radical (unpaired) electrons. The van der Waals surface area contributed by atoms with Crippen LogP contribution in [0.4, 0.5) is 11.6 Å². The molecule has 28 heavy (non-hydrogen) atoms. The monoisotopic (exact) mass is 400 g/mol. The van der Waals surface area contributed by atoms with E-state index in [1.165, 1.54) is 10.6 Å². The number of nitrogen functional groups attached to an aromatic ring is 1. The highest BCUT2D eigenvalue weighted by Crippen LogP contribution is 2.30. The summed E-state index contributed by atoms with van der Waals surface area (Å²) in [7, 11) is 3.96. The van der Waals surface area contributed by atoms with E-state index in [0.717, 1.165) is 31.5 Å². The van der Waals surface area contributed by atoms with Crippen LogP contribution in [0.1, 0.15) is 18.7 Å². The number of benzene rings is 1. The molecule has 0 aliphatic carbocycles. The van der Waals surface area contributed by atoms with Crippen molar-refractivity contribution in [2.24, 2.45) is 7.05 Å². The van der Waals surface area contributed by atoms with Gasteiger partial charge in [0.05, 0.1) is 17.3 Å². The number of aromatic nitrogens is 6. The number of rotatable bonds is 6. The molecule has 3 N–H and O–H groups in total. The number of hydrogen-bond acceptors (Lipinski definition) is 7. The van der Waals surface area contributed by atoms with Gasteiger partial charge in [0.15, 0.2) is 11.5 Å². The number of nitrogens with zero attached hydrogens (tertiary/aromatic N) is 7. The van der Waals surface area contributed by atoms with Crippen LogP contribution >= 0.6 is 11.6 Å². The Hall–Kier alpha value is -3.07. The summed E-state index contributed by atoms with van der Waals surface area (Å²) in [6.07, 6.45) is 6.48. The fraction of sp³-hybridized carbons (Fsp3) is 0.333. The van der Waals surface area contributed by atoms with Gasteiger partial charge in [0.1, 0.15) is 11.3 Å². The van der Waals surface area contributed by atoms with Crippen molar-refractivity contribution in [2.75, 3.05) is 24.2 Å². The van der Waals surface area contributed by atoms with Crippen molar-refractivity contribution in [3.8, 4) is 5.75 Å². The molecule has 0 spiro atoms. The Kier molecular flexibility index (Phi) is 4.68. The first-order valence-corrected chi connectivity index (χ1v) is 9.33. The van der Waals surface area contributed by atoms with E-state index in [-0.39, 0.29) is 11.7 Å². The molecule has 0 atom stereocenters. The summed E-state index contributed by atoms with van der Waals surface area (Å²) in [5, 5.41) is 19.8. The zero-order valence-electron chi connectivity index (χ0n) is 15.7. The second-order valence-corrected chi connectivity index (χ2v) is 7.24. The van der Waals surface area contributed by atoms with Crippen molar-refractivity contribution in [2.45, 2.75) is 19.3 Å². The van der Waals surface area contributed by atoms with Crippen molar-refractivity contribution >= 4 is 39.8 Å². The van der Waals surface area contributed by atoms with Gasteiger partial charge in [0.25, 0.3) is 0 Å². The predicted molar refractivity (Wildman–Crippen MR) is 109 cm³/mol. The molecule has 3 heterocycles. The molecule has 0 aliphatic rings. The van der Waals surface area contributed by atoms with E-state index in [9.17, 15) is 5.11 Å². The molecule has 146 valence electrons. The van der Waals surface area contributed by atoms with E-state index in [1.54, 1.807) is 10.7 Å². The highest BCUT2D eigenvalue weighted by Gasteiger charge is 2.15. The largest absolute Gasteiger partial charge is 0.506 e. The van der Waals surface area contributed by atoms with E-state index in [4.69, 9.17) is 17.3 Å². The molecule has 10 heteroatoms. The minimum atomic E-state index is -0.0281. The summed E-state index contributed by atoms with van der Waals surface area (Å²) < 4.78 is 3.29. The van der Waals surface area contributed by atoms with Crippen LogP contribution in [0.15, 0.2) is 24.5 Å². The van der Waals surface area contributed by atoms with Gasteiger partial charge in [-0.25, -0.2) is 9.97 Å². The summed E-state index contributed by atoms with van der Waals surface area (Å²) >= 11 is 6.07. The number of aromatic hydroxyl groups is 1. The SMILES string of the molecule is CN(CCCCc1nc2c3cc(Cl)cc(O)c3nc(N)n2n1)c1cnn(C)c1. The number of fused-ring (bicyclic) bond motifs is 3. The van der Waals surface area contributed by atoms with Crippen LogP contribution in [0.2, 0.25) is 5.02 Å². The van der Waals surface area contributed by atoms with Crippen LogP contribution in [0, 0.1) is 0 Å². The van der Waals surface area contributed by atoms with Crippen molar-refractivity contribution in [3.63, 3.8) is 0 Å². The maximum absolute atomic E-state index is 10.1. The smallest absolute Gasteiger partial charge is 0.223 e. The molecule has 0 aliphatic heterocycles. The summed E-state index contributed by atoms with van der Waals surface area (Å²) in [4.78, 5) is 11.0. The predicted octanol–water partition coefficient (Wildman–Crippen LogP) is 2.41. The number of nitrogens with two attached hydrogens (primary N) is 1. The van der Waals surface area contributed by atoms with Gasteiger partial charge in [-0.15, -0.1) is 5.10 Å². The standard InChI is InChI=1S/C18H21ClN8O/c1-25(12-9-21-26(2)10-12)6-4-3-5-15-22-17-13-7-11(19)8-14(28)16(13)23-18(20)27(17)24-15/h7-10,28H,3-6H2,1-2H3,(H2,20,23). The van der Waals surface area contributed by atoms with Crippen molar-refractivity contribution in [1.29, 1.82) is 0 Å². The Morgan fingerprint density at radius 3 is 2.82 bits per heavy atom. The molecule has 3 aromatic heterocycles. The van der Waals surface area contributed by atoms with Crippen LogP contribution in [-0.4, -0.2) is 48.1 Å². The summed E-state index contributed by atoms with van der Waals surface area (Å²) in [5.41, 5.74) is 8.00. The first-order valence-electron chi connectivity index (χ1n) is 8.95. The lowest BCUT2D eigenvalue weighted by Crippen LogP contribution is -2.18. The van der Waals surface area contributed by atoms with Gasteiger partial charge in [-0.1, -0.05) is 11.6 Å². The Labute approximate surface area is 166 Å². The van der Waals surface area contributed by atoms with E-state index >= 15 is 0 Å². The van der Waals surface area contributed by atoms with Crippen LogP contribution in [0.5, 0.6) is 5.75 Å². The van der Waals surface area contributed by atoms with Gasteiger partial charge < -0.3 is 15.7 Å². The van der Waals surface area contributed by atoms with Gasteiger partial charge >= 0.3 is 0 Å². The quantitative estimate of drug-likeness (QED) is 0.478. The summed E-state index contributed by atoms with van der Waals surface area (Å²) in [6, 6.07) is 3.14. The number of hydrogen-bond donors (Lipinski definition) is 2. The molecule has 0 bridgehead atoms. The lowest BCUT2D eigenvalue weighted by Gasteiger charge is -2.16. The molecular formula is C18H21ClN8O. The van der Waals surface area contributed by atoms with E-state index in [2.05, 4.69) is 32.1 Å². The number of anilines is 2. The number of phenolic OH excluding ortho intramolecular Hbond substituents is 1. The Bertz CT molecular complexity index is 1150. The summed E-state index contributed by atoms with van der Waals surface area (Å²) in [5.74, 6) is 0.833. The van der Waals surface area contributed by atoms with Crippen LogP contribution in [-0.2, 0) is 13.5 Å². The number of halogens is 1. The molecule has 4 aromatic rings. The van der Waals surface area contributed by atoms with Gasteiger partial charge in [-0.2, -0.15) is 9.61 Å². The van der Waals surface area contributed by atoms with Gasteiger partial charge in [0, 0.05) is 44.3 Å². The molecule has 0 fully saturated rings. The highest BCUT2D eigenvalue weighted by atomic mass is 35.5. The Balaban J connectivity index is 1.49. The maximum atomic E-state index is 10.1. The average Bonchev–Trinajstić information content (AvgIpc) is 3.27. The summed E-state index contributed by atoms with van der Waals surface area (Å²) in [6.45, 7) is 0.912. The molecule has 0 saturated carbocycles.